The lowest BCUT2D eigenvalue weighted by Crippen LogP contribution is -2.27. The Balaban J connectivity index is 1.67. The zero-order chi connectivity index (χ0) is 19.7. The number of rotatable bonds is 5. The van der Waals surface area contributed by atoms with E-state index in [1.807, 2.05) is 49.4 Å². The van der Waals surface area contributed by atoms with Crippen LogP contribution < -0.4 is 9.64 Å². The molecule has 3 aromatic rings. The van der Waals surface area contributed by atoms with Crippen molar-refractivity contribution in [1.82, 2.24) is 4.57 Å². The van der Waals surface area contributed by atoms with Crippen LogP contribution in [0.25, 0.3) is 17.0 Å². The summed E-state index contributed by atoms with van der Waals surface area (Å²) >= 11 is 6.83. The normalized spacial score (nSPS) is 15.8. The highest BCUT2D eigenvalue weighted by atomic mass is 32.2. The largest absolute Gasteiger partial charge is 0.494 e. The summed E-state index contributed by atoms with van der Waals surface area (Å²) in [6.07, 6.45) is 4.04. The van der Waals surface area contributed by atoms with E-state index in [-0.39, 0.29) is 5.91 Å². The van der Waals surface area contributed by atoms with E-state index in [9.17, 15) is 4.79 Å². The smallest absolute Gasteiger partial charge is 0.270 e. The molecular formula is C22H20N2O2S2. The number of carbonyl (C=O) groups excluding carboxylic acids is 1. The van der Waals surface area contributed by atoms with Gasteiger partial charge in [0, 0.05) is 29.2 Å². The molecule has 2 heterocycles. The lowest BCUT2D eigenvalue weighted by molar-refractivity contribution is -0.113. The van der Waals surface area contributed by atoms with Crippen LogP contribution in [0.3, 0.4) is 0 Å². The van der Waals surface area contributed by atoms with Gasteiger partial charge in [-0.2, -0.15) is 0 Å². The van der Waals surface area contributed by atoms with Gasteiger partial charge in [-0.15, -0.1) is 0 Å². The lowest BCUT2D eigenvalue weighted by Gasteiger charge is -2.15. The molecular weight excluding hydrogens is 388 g/mol. The summed E-state index contributed by atoms with van der Waals surface area (Å²) in [7, 11) is 0. The van der Waals surface area contributed by atoms with Gasteiger partial charge in [-0.1, -0.05) is 42.2 Å². The minimum absolute atomic E-state index is 0.0903. The van der Waals surface area contributed by atoms with E-state index in [4.69, 9.17) is 17.0 Å². The van der Waals surface area contributed by atoms with Gasteiger partial charge in [-0.05, 0) is 50.3 Å². The first-order valence-corrected chi connectivity index (χ1v) is 10.4. The molecule has 1 aromatic heterocycles. The average Bonchev–Trinajstić information content (AvgIpc) is 3.20. The number of hydrogen-bond acceptors (Lipinski definition) is 4. The Labute approximate surface area is 173 Å². The predicted octanol–water partition coefficient (Wildman–Crippen LogP) is 5.47. The zero-order valence-electron chi connectivity index (χ0n) is 15.7. The second-order valence-corrected chi connectivity index (χ2v) is 8.01. The number of thioether (sulfide) groups is 1. The number of thiocarbonyl (C=S) groups is 1. The predicted molar refractivity (Wildman–Crippen MR) is 121 cm³/mol. The average molecular weight is 409 g/mol. The van der Waals surface area contributed by atoms with Crippen molar-refractivity contribution < 1.29 is 9.53 Å². The summed E-state index contributed by atoms with van der Waals surface area (Å²) in [6, 6.07) is 15.7. The van der Waals surface area contributed by atoms with Crippen molar-refractivity contribution in [3.63, 3.8) is 0 Å². The summed E-state index contributed by atoms with van der Waals surface area (Å²) in [4.78, 5) is 15.3. The summed E-state index contributed by atoms with van der Waals surface area (Å²) in [6.45, 7) is 5.54. The van der Waals surface area contributed by atoms with Crippen molar-refractivity contribution in [2.75, 3.05) is 11.5 Å². The fraction of sp³-hybridized carbons (Fsp3) is 0.182. The van der Waals surface area contributed by atoms with Crippen molar-refractivity contribution in [2.24, 2.45) is 0 Å². The number of nitrogens with zero attached hydrogens (tertiary/aromatic N) is 2. The zero-order valence-corrected chi connectivity index (χ0v) is 17.3. The van der Waals surface area contributed by atoms with Gasteiger partial charge in [-0.25, -0.2) is 0 Å². The lowest BCUT2D eigenvalue weighted by atomic mass is 10.1. The maximum atomic E-state index is 13.1. The molecule has 6 heteroatoms. The van der Waals surface area contributed by atoms with Gasteiger partial charge >= 0.3 is 0 Å². The summed E-state index contributed by atoms with van der Waals surface area (Å²) in [5, 5.41) is 1.13. The number of ether oxygens (including phenoxy) is 1. The standard InChI is InChI=1S/C22H20N2O2S2/c1-3-23-14-15(18-7-5-6-8-19(18)23)13-20-21(25)24(22(27)28-20)16-9-11-17(12-10-16)26-4-2/h5-14H,3-4H2,1-2H3/b20-13-. The molecule has 1 saturated heterocycles. The molecule has 2 aromatic carbocycles. The third-order valence-electron chi connectivity index (χ3n) is 4.65. The van der Waals surface area contributed by atoms with Gasteiger partial charge < -0.3 is 9.30 Å². The van der Waals surface area contributed by atoms with Crippen LogP contribution in [0.1, 0.15) is 19.4 Å². The molecule has 0 unspecified atom stereocenters. The molecule has 0 saturated carbocycles. The molecule has 4 nitrogen and oxygen atoms in total. The fourth-order valence-corrected chi connectivity index (χ4v) is 4.63. The third kappa shape index (κ3) is 3.34. The van der Waals surface area contributed by atoms with Gasteiger partial charge in [0.05, 0.1) is 17.2 Å². The number of benzene rings is 2. The van der Waals surface area contributed by atoms with Crippen LogP contribution in [-0.2, 0) is 11.3 Å². The molecule has 0 bridgehead atoms. The molecule has 28 heavy (non-hydrogen) atoms. The maximum Gasteiger partial charge on any atom is 0.270 e. The van der Waals surface area contributed by atoms with Crippen LogP contribution in [0.5, 0.6) is 5.75 Å². The van der Waals surface area contributed by atoms with Gasteiger partial charge in [0.25, 0.3) is 5.91 Å². The monoisotopic (exact) mass is 408 g/mol. The first-order valence-electron chi connectivity index (χ1n) is 9.21. The van der Waals surface area contributed by atoms with Crippen LogP contribution in [0.2, 0.25) is 0 Å². The quantitative estimate of drug-likeness (QED) is 0.414. The van der Waals surface area contributed by atoms with E-state index >= 15 is 0 Å². The molecule has 1 aliphatic heterocycles. The molecule has 0 radical (unpaired) electrons. The molecule has 1 amide bonds. The second kappa shape index (κ2) is 7.81. The topological polar surface area (TPSA) is 34.5 Å². The van der Waals surface area contributed by atoms with Crippen molar-refractivity contribution >= 4 is 56.9 Å². The highest BCUT2D eigenvalue weighted by molar-refractivity contribution is 8.27. The minimum Gasteiger partial charge on any atom is -0.494 e. The Morgan fingerprint density at radius 1 is 1.11 bits per heavy atom. The summed E-state index contributed by atoms with van der Waals surface area (Å²) in [5.41, 5.74) is 2.95. The van der Waals surface area contributed by atoms with Gasteiger partial charge in [0.15, 0.2) is 4.32 Å². The Bertz CT molecular complexity index is 1080. The molecule has 4 rings (SSSR count). The van der Waals surface area contributed by atoms with E-state index < -0.39 is 0 Å². The fourth-order valence-electron chi connectivity index (χ4n) is 3.34. The number of para-hydroxylation sites is 1. The molecule has 0 N–H and O–H groups in total. The van der Waals surface area contributed by atoms with E-state index in [1.54, 1.807) is 4.90 Å². The Hall–Kier alpha value is -2.57. The van der Waals surface area contributed by atoms with Crippen molar-refractivity contribution in [1.29, 1.82) is 0 Å². The maximum absolute atomic E-state index is 13.1. The van der Waals surface area contributed by atoms with Gasteiger partial charge in [-0.3, -0.25) is 9.69 Å². The van der Waals surface area contributed by atoms with Crippen LogP contribution in [0.4, 0.5) is 5.69 Å². The highest BCUT2D eigenvalue weighted by Gasteiger charge is 2.33. The molecule has 142 valence electrons. The van der Waals surface area contributed by atoms with Crippen LogP contribution in [-0.4, -0.2) is 21.4 Å². The van der Waals surface area contributed by atoms with Crippen molar-refractivity contribution in [3.8, 4) is 5.75 Å². The van der Waals surface area contributed by atoms with E-state index in [2.05, 4.69) is 29.8 Å². The van der Waals surface area contributed by atoms with Crippen LogP contribution >= 0.6 is 24.0 Å². The summed E-state index contributed by atoms with van der Waals surface area (Å²) < 4.78 is 8.21. The Morgan fingerprint density at radius 2 is 1.86 bits per heavy atom. The number of carbonyl (C=O) groups is 1. The molecule has 1 aliphatic rings. The second-order valence-electron chi connectivity index (χ2n) is 6.33. The summed E-state index contributed by atoms with van der Waals surface area (Å²) in [5.74, 6) is 0.687. The van der Waals surface area contributed by atoms with Gasteiger partial charge in [0.1, 0.15) is 5.75 Å². The first kappa shape index (κ1) is 18.8. The van der Waals surface area contributed by atoms with E-state index in [1.165, 1.54) is 17.3 Å². The number of aromatic nitrogens is 1. The number of anilines is 1. The van der Waals surface area contributed by atoms with Crippen molar-refractivity contribution in [3.05, 3.63) is 65.2 Å². The number of aryl methyl sites for hydroxylation is 1. The van der Waals surface area contributed by atoms with Crippen LogP contribution in [0.15, 0.2) is 59.6 Å². The Morgan fingerprint density at radius 3 is 2.57 bits per heavy atom. The Kier molecular flexibility index (Phi) is 5.24. The number of fused-ring (bicyclic) bond motifs is 1. The third-order valence-corrected chi connectivity index (χ3v) is 5.95. The first-order chi connectivity index (χ1) is 13.6. The molecule has 0 aliphatic carbocycles. The molecule has 1 fully saturated rings. The van der Waals surface area contributed by atoms with Crippen molar-refractivity contribution in [2.45, 2.75) is 20.4 Å². The van der Waals surface area contributed by atoms with Crippen LogP contribution in [0, 0.1) is 0 Å². The van der Waals surface area contributed by atoms with E-state index in [0.717, 1.165) is 28.9 Å². The minimum atomic E-state index is -0.0903. The number of amides is 1. The molecule has 0 atom stereocenters. The highest BCUT2D eigenvalue weighted by Crippen LogP contribution is 2.37. The van der Waals surface area contributed by atoms with Gasteiger partial charge in [0.2, 0.25) is 0 Å². The van der Waals surface area contributed by atoms with E-state index in [0.29, 0.717) is 15.8 Å². The number of hydrogen-bond donors (Lipinski definition) is 0. The SMILES string of the molecule is CCOc1ccc(N2C(=O)/C(=C/c3cn(CC)c4ccccc34)SC2=S)cc1. The molecule has 0 spiro atoms.